The van der Waals surface area contributed by atoms with Gasteiger partial charge in [0.05, 0.1) is 31.7 Å². The van der Waals surface area contributed by atoms with Crippen LogP contribution in [0.25, 0.3) is 0 Å². The Labute approximate surface area is 172 Å². The van der Waals surface area contributed by atoms with Gasteiger partial charge >= 0.3 is 6.09 Å². The van der Waals surface area contributed by atoms with E-state index in [9.17, 15) is 4.79 Å². The summed E-state index contributed by atoms with van der Waals surface area (Å²) in [7, 11) is 1.65. The van der Waals surface area contributed by atoms with Gasteiger partial charge in [-0.15, -0.1) is 11.6 Å². The van der Waals surface area contributed by atoms with Crippen molar-refractivity contribution in [3.63, 3.8) is 0 Å². The molecule has 6 nitrogen and oxygen atoms in total. The molecule has 0 saturated carbocycles. The van der Waals surface area contributed by atoms with E-state index in [4.69, 9.17) is 53.8 Å². The third-order valence-corrected chi connectivity index (χ3v) is 6.76. The number of piperidine rings is 1. The first kappa shape index (κ1) is 19.4. The molecule has 0 unspecified atom stereocenters. The lowest BCUT2D eigenvalue weighted by Gasteiger charge is -2.57. The minimum absolute atomic E-state index is 0.196. The van der Waals surface area contributed by atoms with Crippen LogP contribution in [0.1, 0.15) is 17.5 Å². The number of hydrogen-bond donors (Lipinski definition) is 0. The molecule has 0 aromatic heterocycles. The van der Waals surface area contributed by atoms with Crippen LogP contribution >= 0.6 is 34.8 Å². The van der Waals surface area contributed by atoms with E-state index in [1.165, 1.54) is 5.56 Å². The Bertz CT molecular complexity index is 746. The van der Waals surface area contributed by atoms with E-state index in [-0.39, 0.29) is 30.2 Å². The number of rotatable bonds is 3. The molecule has 1 aliphatic carbocycles. The second-order valence-corrected chi connectivity index (χ2v) is 8.77. The molecule has 2 fully saturated rings. The zero-order chi connectivity index (χ0) is 19.2. The maximum Gasteiger partial charge on any atom is 0.412 e. The molecule has 3 atom stereocenters. The average Bonchev–Trinajstić information content (AvgIpc) is 2.67. The van der Waals surface area contributed by atoms with Crippen LogP contribution in [0.2, 0.25) is 0 Å². The Hall–Kier alpha value is -0.920. The monoisotopic (exact) mass is 435 g/mol. The van der Waals surface area contributed by atoms with Crippen molar-refractivity contribution in [3.8, 4) is 5.75 Å². The first-order valence-corrected chi connectivity index (χ1v) is 9.99. The number of halogens is 3. The minimum Gasteiger partial charge on any atom is -0.497 e. The molecular weight excluding hydrogens is 417 g/mol. The van der Waals surface area contributed by atoms with Crippen molar-refractivity contribution < 1.29 is 23.7 Å². The third-order valence-electron chi connectivity index (χ3n) is 5.69. The summed E-state index contributed by atoms with van der Waals surface area (Å²) in [6.07, 6.45) is 0.510. The predicted molar refractivity (Wildman–Crippen MR) is 101 cm³/mol. The number of benzene rings is 1. The third kappa shape index (κ3) is 3.25. The van der Waals surface area contributed by atoms with Crippen molar-refractivity contribution in [3.05, 3.63) is 29.3 Å². The molecular formula is C18H20Cl3NO5. The fraction of sp³-hybridized carbons (Fsp3) is 0.611. The quantitative estimate of drug-likeness (QED) is 0.679. The van der Waals surface area contributed by atoms with Crippen LogP contribution in [0.5, 0.6) is 5.75 Å². The van der Waals surface area contributed by atoms with Crippen LogP contribution < -0.4 is 4.74 Å². The molecule has 9 heteroatoms. The van der Waals surface area contributed by atoms with Crippen molar-refractivity contribution in [1.82, 2.24) is 4.90 Å². The lowest BCUT2D eigenvalue weighted by molar-refractivity contribution is -0.219. The normalized spacial score (nSPS) is 29.6. The second-order valence-electron chi connectivity index (χ2n) is 7.09. The number of ether oxygens (including phenoxy) is 4. The van der Waals surface area contributed by atoms with Crippen LogP contribution in [-0.4, -0.2) is 60.6 Å². The molecule has 2 saturated heterocycles. The van der Waals surface area contributed by atoms with E-state index >= 15 is 0 Å². The predicted octanol–water partition coefficient (Wildman–Crippen LogP) is 3.44. The van der Waals surface area contributed by atoms with Gasteiger partial charge in [0.25, 0.3) is 4.52 Å². The number of hydrogen-bond acceptors (Lipinski definition) is 5. The molecule has 0 spiro atoms. The summed E-state index contributed by atoms with van der Waals surface area (Å²) in [6, 6.07) is 5.82. The molecule has 2 aliphatic heterocycles. The minimum atomic E-state index is -1.76. The molecule has 148 valence electrons. The van der Waals surface area contributed by atoms with Gasteiger partial charge in [0.1, 0.15) is 12.5 Å². The topological polar surface area (TPSA) is 57.2 Å². The standard InChI is InChI=1S/C18H20Cl3NO5/c1-24-12-3-2-11-6-14-15-17(13(11)7-12,9-25-10-26-15)4-5-22(14)16(23)27-18(20,21)8-19/h2-3,7,14-15H,4-6,8-10H2,1H3/t14-,15+,17-/m1/s1. The van der Waals surface area contributed by atoms with Gasteiger partial charge in [-0.2, -0.15) is 0 Å². The highest BCUT2D eigenvalue weighted by Crippen LogP contribution is 2.49. The molecule has 0 radical (unpaired) electrons. The van der Waals surface area contributed by atoms with E-state index < -0.39 is 10.6 Å². The van der Waals surface area contributed by atoms with Crippen molar-refractivity contribution in [2.24, 2.45) is 0 Å². The molecule has 2 heterocycles. The second kappa shape index (κ2) is 7.16. The summed E-state index contributed by atoms with van der Waals surface area (Å²) in [5.74, 6) is 0.574. The highest BCUT2D eigenvalue weighted by Gasteiger charge is 2.57. The average molecular weight is 437 g/mol. The number of nitrogens with zero attached hydrogens (tertiary/aromatic N) is 1. The molecule has 3 aliphatic rings. The van der Waals surface area contributed by atoms with E-state index in [1.807, 2.05) is 12.1 Å². The fourth-order valence-corrected chi connectivity index (χ4v) is 4.69. The summed E-state index contributed by atoms with van der Waals surface area (Å²) in [5, 5.41) is 0. The Balaban J connectivity index is 1.70. The molecule has 4 rings (SSSR count). The molecule has 2 bridgehead atoms. The van der Waals surface area contributed by atoms with E-state index in [0.29, 0.717) is 26.0 Å². The van der Waals surface area contributed by atoms with Crippen molar-refractivity contribution in [2.75, 3.05) is 32.9 Å². The molecule has 1 aromatic rings. The number of carbonyl (C=O) groups excluding carboxylic acids is 1. The molecule has 1 aromatic carbocycles. The summed E-state index contributed by atoms with van der Waals surface area (Å²) in [5.41, 5.74) is 1.98. The van der Waals surface area contributed by atoms with Crippen LogP contribution in [-0.2, 0) is 26.0 Å². The van der Waals surface area contributed by atoms with Gasteiger partial charge in [0.2, 0.25) is 0 Å². The first-order valence-electron chi connectivity index (χ1n) is 8.70. The maximum atomic E-state index is 12.7. The Kier molecular flexibility index (Phi) is 5.14. The van der Waals surface area contributed by atoms with Gasteiger partial charge in [-0.05, 0) is 36.1 Å². The highest BCUT2D eigenvalue weighted by molar-refractivity contribution is 6.50. The highest BCUT2D eigenvalue weighted by atomic mass is 35.5. The zero-order valence-corrected chi connectivity index (χ0v) is 17.0. The van der Waals surface area contributed by atoms with Gasteiger partial charge in [-0.25, -0.2) is 4.79 Å². The van der Waals surface area contributed by atoms with Gasteiger partial charge in [-0.1, -0.05) is 29.3 Å². The Morgan fingerprint density at radius 1 is 1.44 bits per heavy atom. The lowest BCUT2D eigenvalue weighted by atomic mass is 9.62. The lowest BCUT2D eigenvalue weighted by Crippen LogP contribution is -2.68. The number of carbonyl (C=O) groups is 1. The van der Waals surface area contributed by atoms with E-state index in [0.717, 1.165) is 11.3 Å². The number of alkyl halides is 3. The van der Waals surface area contributed by atoms with Crippen LogP contribution in [0, 0.1) is 0 Å². The smallest absolute Gasteiger partial charge is 0.412 e. The first-order chi connectivity index (χ1) is 12.9. The molecule has 0 N–H and O–H groups in total. The summed E-state index contributed by atoms with van der Waals surface area (Å²) >= 11 is 17.5. The van der Waals surface area contributed by atoms with Crippen molar-refractivity contribution in [1.29, 1.82) is 0 Å². The molecule has 27 heavy (non-hydrogen) atoms. The Morgan fingerprint density at radius 2 is 2.26 bits per heavy atom. The number of fused-ring (bicyclic) bond motifs is 1. The van der Waals surface area contributed by atoms with E-state index in [2.05, 4.69) is 6.07 Å². The summed E-state index contributed by atoms with van der Waals surface area (Å²) in [6.45, 7) is 1.21. The fourth-order valence-electron chi connectivity index (χ4n) is 4.50. The van der Waals surface area contributed by atoms with Crippen LogP contribution in [0.3, 0.4) is 0 Å². The number of likely N-dealkylation sites (tertiary alicyclic amines) is 1. The summed E-state index contributed by atoms with van der Waals surface area (Å²) in [4.78, 5) is 14.4. The van der Waals surface area contributed by atoms with Crippen molar-refractivity contribution >= 4 is 40.9 Å². The van der Waals surface area contributed by atoms with Crippen LogP contribution in [0.4, 0.5) is 4.79 Å². The van der Waals surface area contributed by atoms with Gasteiger partial charge in [-0.3, -0.25) is 0 Å². The number of methoxy groups -OCH3 is 1. The largest absolute Gasteiger partial charge is 0.497 e. The summed E-state index contributed by atoms with van der Waals surface area (Å²) < 4.78 is 20.5. The van der Waals surface area contributed by atoms with Gasteiger partial charge < -0.3 is 23.8 Å². The van der Waals surface area contributed by atoms with Crippen molar-refractivity contribution in [2.45, 2.75) is 34.9 Å². The SMILES string of the molecule is COc1ccc2c(c1)[C@]13CCN(C(=O)OC(Cl)(Cl)CCl)[C@H](C2)[C@@H]1OCOC3. The van der Waals surface area contributed by atoms with Gasteiger partial charge in [0, 0.05) is 12.0 Å². The molecule has 1 amide bonds. The number of amides is 1. The van der Waals surface area contributed by atoms with E-state index in [1.54, 1.807) is 12.0 Å². The van der Waals surface area contributed by atoms with Crippen LogP contribution in [0.15, 0.2) is 18.2 Å². The zero-order valence-electron chi connectivity index (χ0n) is 14.8. The van der Waals surface area contributed by atoms with Gasteiger partial charge in [0.15, 0.2) is 0 Å². The Morgan fingerprint density at radius 3 is 3.00 bits per heavy atom. The maximum absolute atomic E-state index is 12.7.